The van der Waals surface area contributed by atoms with Crippen molar-refractivity contribution in [3.63, 3.8) is 0 Å². The first-order chi connectivity index (χ1) is 30.0. The molecule has 1 atom stereocenters. The quantitative estimate of drug-likeness (QED) is 0.0344. The molecule has 0 saturated heterocycles. The molecule has 0 saturated carbocycles. The second-order valence-electron chi connectivity index (χ2n) is 18.9. The van der Waals surface area contributed by atoms with E-state index in [1.54, 1.807) is 0 Å². The Morgan fingerprint density at radius 3 is 0.656 bits per heavy atom. The molecule has 0 bridgehead atoms. The lowest BCUT2D eigenvalue weighted by molar-refractivity contribution is -0.167. The molecule has 0 aromatic rings. The van der Waals surface area contributed by atoms with Crippen LogP contribution in [0.2, 0.25) is 0 Å². The van der Waals surface area contributed by atoms with E-state index in [1.165, 1.54) is 218 Å². The van der Waals surface area contributed by atoms with Crippen molar-refractivity contribution in [1.29, 1.82) is 0 Å². The van der Waals surface area contributed by atoms with E-state index in [2.05, 4.69) is 20.8 Å². The molecule has 61 heavy (non-hydrogen) atoms. The maximum Gasteiger partial charge on any atom is 0.306 e. The molecule has 0 radical (unpaired) electrons. The first kappa shape index (κ1) is 59.4. The van der Waals surface area contributed by atoms with Gasteiger partial charge in [-0.15, -0.1) is 0 Å². The summed E-state index contributed by atoms with van der Waals surface area (Å²) >= 11 is 0. The minimum atomic E-state index is -0.760. The molecule has 1 unspecified atom stereocenters. The normalized spacial score (nSPS) is 11.9. The van der Waals surface area contributed by atoms with Crippen LogP contribution in [0.15, 0.2) is 0 Å². The van der Waals surface area contributed by atoms with Crippen LogP contribution in [0.3, 0.4) is 0 Å². The van der Waals surface area contributed by atoms with E-state index in [0.717, 1.165) is 57.8 Å². The minimum absolute atomic E-state index is 0.0613. The van der Waals surface area contributed by atoms with Gasteiger partial charge in [-0.2, -0.15) is 0 Å². The van der Waals surface area contributed by atoms with Gasteiger partial charge in [0.25, 0.3) is 0 Å². The third kappa shape index (κ3) is 49.3. The van der Waals surface area contributed by atoms with Gasteiger partial charge in [-0.1, -0.05) is 278 Å². The van der Waals surface area contributed by atoms with Crippen molar-refractivity contribution in [2.45, 2.75) is 322 Å². The van der Waals surface area contributed by atoms with E-state index in [1.807, 2.05) is 0 Å². The van der Waals surface area contributed by atoms with E-state index >= 15 is 0 Å². The first-order valence-electron chi connectivity index (χ1n) is 27.5. The number of carbonyl (C=O) groups is 3. The Morgan fingerprint density at radius 2 is 0.443 bits per heavy atom. The summed E-state index contributed by atoms with van der Waals surface area (Å²) in [5, 5.41) is 0. The van der Waals surface area contributed by atoms with Crippen molar-refractivity contribution >= 4 is 17.9 Å². The molecule has 0 aromatic heterocycles. The predicted octanol–water partition coefficient (Wildman–Crippen LogP) is 18.0. The number of ether oxygens (including phenoxy) is 3. The molecule has 0 amide bonds. The summed E-state index contributed by atoms with van der Waals surface area (Å²) < 4.78 is 16.9. The van der Waals surface area contributed by atoms with Gasteiger partial charge in [0.15, 0.2) is 6.10 Å². The van der Waals surface area contributed by atoms with Crippen molar-refractivity contribution in [2.24, 2.45) is 0 Å². The third-order valence-electron chi connectivity index (χ3n) is 12.6. The fourth-order valence-electron chi connectivity index (χ4n) is 8.45. The highest BCUT2D eigenvalue weighted by Crippen LogP contribution is 2.17. The summed E-state index contributed by atoms with van der Waals surface area (Å²) in [6.07, 6.45) is 55.1. The van der Waals surface area contributed by atoms with Crippen molar-refractivity contribution in [3.8, 4) is 0 Å². The van der Waals surface area contributed by atoms with Gasteiger partial charge in [0.2, 0.25) is 0 Å². The number of hydrogen-bond acceptors (Lipinski definition) is 6. The SMILES string of the molecule is CCCCCCCCCCCCCCCCCC(=O)OCC(COC(=O)CCCCCCCCCCCCCCCC)OC(=O)CCCCCCCCCCCCCCCC. The van der Waals surface area contributed by atoms with E-state index in [-0.39, 0.29) is 31.1 Å². The molecule has 0 aromatic carbocycles. The summed E-state index contributed by atoms with van der Waals surface area (Å²) in [5.41, 5.74) is 0. The Labute approximate surface area is 380 Å². The molecular formula is C55H106O6. The van der Waals surface area contributed by atoms with Gasteiger partial charge < -0.3 is 14.2 Å². The number of hydrogen-bond donors (Lipinski definition) is 0. The van der Waals surface area contributed by atoms with Crippen LogP contribution in [0.4, 0.5) is 0 Å². The summed E-state index contributed by atoms with van der Waals surface area (Å²) in [5.74, 6) is -0.835. The molecule has 0 fully saturated rings. The van der Waals surface area contributed by atoms with Gasteiger partial charge in [-0.25, -0.2) is 0 Å². The van der Waals surface area contributed by atoms with Gasteiger partial charge in [0.1, 0.15) is 13.2 Å². The van der Waals surface area contributed by atoms with Crippen LogP contribution >= 0.6 is 0 Å². The monoisotopic (exact) mass is 863 g/mol. The van der Waals surface area contributed by atoms with E-state index < -0.39 is 6.10 Å². The third-order valence-corrected chi connectivity index (χ3v) is 12.6. The van der Waals surface area contributed by atoms with Crippen LogP contribution in [0.5, 0.6) is 0 Å². The molecule has 0 aliphatic rings. The molecule has 6 nitrogen and oxygen atoms in total. The molecule has 0 N–H and O–H groups in total. The van der Waals surface area contributed by atoms with Crippen LogP contribution in [-0.2, 0) is 28.6 Å². The zero-order valence-electron chi connectivity index (χ0n) is 41.5. The zero-order chi connectivity index (χ0) is 44.4. The lowest BCUT2D eigenvalue weighted by Crippen LogP contribution is -2.30. The average molecular weight is 863 g/mol. The Balaban J connectivity index is 4.30. The Morgan fingerprint density at radius 1 is 0.262 bits per heavy atom. The fourth-order valence-corrected chi connectivity index (χ4v) is 8.45. The maximum atomic E-state index is 12.8. The Hall–Kier alpha value is -1.59. The molecular weight excluding hydrogens is 757 g/mol. The molecule has 6 heteroatoms. The second kappa shape index (κ2) is 51.0. The lowest BCUT2D eigenvalue weighted by Gasteiger charge is -2.18. The lowest BCUT2D eigenvalue weighted by atomic mass is 10.0. The van der Waals surface area contributed by atoms with Crippen LogP contribution < -0.4 is 0 Å². The second-order valence-corrected chi connectivity index (χ2v) is 18.9. The van der Waals surface area contributed by atoms with Crippen LogP contribution in [0.1, 0.15) is 316 Å². The van der Waals surface area contributed by atoms with Gasteiger partial charge in [0, 0.05) is 19.3 Å². The molecule has 0 aliphatic carbocycles. The topological polar surface area (TPSA) is 78.9 Å². The number of esters is 3. The molecule has 0 rings (SSSR count). The first-order valence-corrected chi connectivity index (χ1v) is 27.5. The van der Waals surface area contributed by atoms with Gasteiger partial charge >= 0.3 is 17.9 Å². The van der Waals surface area contributed by atoms with Crippen LogP contribution in [0, 0.1) is 0 Å². The highest BCUT2D eigenvalue weighted by molar-refractivity contribution is 5.71. The van der Waals surface area contributed by atoms with Crippen molar-refractivity contribution < 1.29 is 28.6 Å². The molecule has 362 valence electrons. The van der Waals surface area contributed by atoms with Crippen LogP contribution in [0.25, 0.3) is 0 Å². The summed E-state index contributed by atoms with van der Waals surface area (Å²) in [7, 11) is 0. The van der Waals surface area contributed by atoms with Gasteiger partial charge in [-0.05, 0) is 19.3 Å². The highest BCUT2D eigenvalue weighted by Gasteiger charge is 2.19. The van der Waals surface area contributed by atoms with E-state index in [0.29, 0.717) is 19.3 Å². The predicted molar refractivity (Wildman–Crippen MR) is 261 cm³/mol. The van der Waals surface area contributed by atoms with Crippen molar-refractivity contribution in [2.75, 3.05) is 13.2 Å². The largest absolute Gasteiger partial charge is 0.462 e. The maximum absolute atomic E-state index is 12.8. The fraction of sp³-hybridized carbons (Fsp3) is 0.945. The standard InChI is InChI=1S/C55H106O6/c1-4-7-10-13-16-19-22-25-28-31-33-36-39-42-45-48-54(57)60-51-52(61-55(58)49-46-43-40-37-34-30-27-24-21-18-15-12-9-6-3)50-59-53(56)47-44-41-38-35-32-29-26-23-20-17-14-11-8-5-2/h52H,4-51H2,1-3H3. The smallest absolute Gasteiger partial charge is 0.306 e. The number of unbranched alkanes of at least 4 members (excludes halogenated alkanes) is 40. The van der Waals surface area contributed by atoms with E-state index in [9.17, 15) is 14.4 Å². The average Bonchev–Trinajstić information content (AvgIpc) is 3.26. The Bertz CT molecular complexity index is 905. The summed E-state index contributed by atoms with van der Waals surface area (Å²) in [6.45, 7) is 6.70. The van der Waals surface area contributed by atoms with Gasteiger partial charge in [0.05, 0.1) is 0 Å². The van der Waals surface area contributed by atoms with Crippen molar-refractivity contribution in [1.82, 2.24) is 0 Å². The highest BCUT2D eigenvalue weighted by atomic mass is 16.6. The Kier molecular flexibility index (Phi) is 49.7. The van der Waals surface area contributed by atoms with E-state index in [4.69, 9.17) is 14.2 Å². The van der Waals surface area contributed by atoms with Crippen LogP contribution in [-0.4, -0.2) is 37.2 Å². The minimum Gasteiger partial charge on any atom is -0.462 e. The molecule has 0 spiro atoms. The molecule has 0 heterocycles. The summed E-state index contributed by atoms with van der Waals surface area (Å²) in [6, 6.07) is 0. The molecule has 0 aliphatic heterocycles. The number of rotatable bonds is 51. The zero-order valence-corrected chi connectivity index (χ0v) is 41.5. The number of carbonyl (C=O) groups excluding carboxylic acids is 3. The van der Waals surface area contributed by atoms with Crippen molar-refractivity contribution in [3.05, 3.63) is 0 Å². The summed E-state index contributed by atoms with van der Waals surface area (Å²) in [4.78, 5) is 38.0. The van der Waals surface area contributed by atoms with Gasteiger partial charge in [-0.3, -0.25) is 14.4 Å².